The summed E-state index contributed by atoms with van der Waals surface area (Å²) in [5.74, 6) is 0.305. The number of rotatable bonds is 5. The fourth-order valence-corrected chi connectivity index (χ4v) is 0.489. The first-order valence-corrected chi connectivity index (χ1v) is 4.11. The highest BCUT2D eigenvalue weighted by molar-refractivity contribution is 5.69. The molecule has 1 N–H and O–H groups in total. The van der Waals surface area contributed by atoms with Crippen molar-refractivity contribution in [1.29, 1.82) is 0 Å². The van der Waals surface area contributed by atoms with Gasteiger partial charge in [-0.25, -0.2) is 10.2 Å². The molecule has 5 heteroatoms. The van der Waals surface area contributed by atoms with Gasteiger partial charge in [0.1, 0.15) is 6.61 Å². The average molecular weight is 188 g/mol. The molecule has 0 atom stereocenters. The Labute approximate surface area is 78.1 Å². The molecule has 13 heavy (non-hydrogen) atoms. The molecule has 0 spiro atoms. The van der Waals surface area contributed by atoms with Crippen LogP contribution in [0.5, 0.6) is 0 Å². The average Bonchev–Trinajstić information content (AvgIpc) is 2.04. The fourth-order valence-electron chi connectivity index (χ4n) is 0.489. The summed E-state index contributed by atoms with van der Waals surface area (Å²) in [6, 6.07) is 0. The number of carbonyl (C=O) groups excluding carboxylic acids is 1. The minimum absolute atomic E-state index is 0.236. The highest BCUT2D eigenvalue weighted by Gasteiger charge is 1.97. The molecule has 0 fully saturated rings. The molecule has 0 aliphatic carbocycles. The van der Waals surface area contributed by atoms with E-state index in [2.05, 4.69) is 15.3 Å². The largest absolute Gasteiger partial charge is 0.446 e. The summed E-state index contributed by atoms with van der Waals surface area (Å²) in [5.41, 5.74) is 2.23. The summed E-state index contributed by atoms with van der Waals surface area (Å²) in [7, 11) is 1.54. The van der Waals surface area contributed by atoms with Gasteiger partial charge in [0.2, 0.25) is 0 Å². The monoisotopic (exact) mass is 188 g/mol. The van der Waals surface area contributed by atoms with Gasteiger partial charge in [0.15, 0.2) is 0 Å². The Kier molecular flexibility index (Phi) is 6.91. The van der Waals surface area contributed by atoms with Crippen molar-refractivity contribution in [2.24, 2.45) is 11.0 Å². The minimum atomic E-state index is -0.561. The third-order valence-corrected chi connectivity index (χ3v) is 1.05. The SMILES string of the molecule is COCCOC(=O)N/N=C/C(C)C. The second kappa shape index (κ2) is 7.54. The van der Waals surface area contributed by atoms with Gasteiger partial charge < -0.3 is 9.47 Å². The number of nitrogens with zero attached hydrogens (tertiary/aromatic N) is 1. The van der Waals surface area contributed by atoms with Crippen molar-refractivity contribution in [3.8, 4) is 0 Å². The molecule has 0 saturated carbocycles. The van der Waals surface area contributed by atoms with Crippen LogP contribution in [0.2, 0.25) is 0 Å². The minimum Gasteiger partial charge on any atom is -0.446 e. The van der Waals surface area contributed by atoms with Gasteiger partial charge in [-0.15, -0.1) is 0 Å². The molecule has 0 bridgehead atoms. The Morgan fingerprint density at radius 1 is 1.54 bits per heavy atom. The Morgan fingerprint density at radius 2 is 2.23 bits per heavy atom. The molecule has 76 valence electrons. The van der Waals surface area contributed by atoms with E-state index in [1.807, 2.05) is 13.8 Å². The molecule has 0 radical (unpaired) electrons. The van der Waals surface area contributed by atoms with Crippen LogP contribution in [-0.2, 0) is 9.47 Å². The Morgan fingerprint density at radius 3 is 2.77 bits per heavy atom. The van der Waals surface area contributed by atoms with Gasteiger partial charge in [-0.1, -0.05) is 13.8 Å². The highest BCUT2D eigenvalue weighted by atomic mass is 16.6. The number of carbonyl (C=O) groups is 1. The van der Waals surface area contributed by atoms with Crippen LogP contribution in [-0.4, -0.2) is 32.6 Å². The van der Waals surface area contributed by atoms with Crippen molar-refractivity contribution in [1.82, 2.24) is 5.43 Å². The van der Waals surface area contributed by atoms with Crippen molar-refractivity contribution in [2.45, 2.75) is 13.8 Å². The molecular formula is C8H16N2O3. The first kappa shape index (κ1) is 11.9. The maximum Gasteiger partial charge on any atom is 0.427 e. The summed E-state index contributed by atoms with van der Waals surface area (Å²) in [4.78, 5) is 10.8. The van der Waals surface area contributed by atoms with Crippen LogP contribution in [0.15, 0.2) is 5.10 Å². The third-order valence-electron chi connectivity index (χ3n) is 1.05. The maximum absolute atomic E-state index is 10.8. The number of nitrogens with one attached hydrogen (secondary N) is 1. The van der Waals surface area contributed by atoms with E-state index in [9.17, 15) is 4.79 Å². The van der Waals surface area contributed by atoms with Crippen molar-refractivity contribution in [3.63, 3.8) is 0 Å². The van der Waals surface area contributed by atoms with E-state index in [0.717, 1.165) is 0 Å². The van der Waals surface area contributed by atoms with Crippen LogP contribution < -0.4 is 5.43 Å². The molecule has 1 amide bonds. The van der Waals surface area contributed by atoms with Gasteiger partial charge in [-0.05, 0) is 5.92 Å². The zero-order chi connectivity index (χ0) is 10.1. The predicted molar refractivity (Wildman–Crippen MR) is 49.7 cm³/mol. The summed E-state index contributed by atoms with van der Waals surface area (Å²) in [5, 5.41) is 3.66. The zero-order valence-corrected chi connectivity index (χ0v) is 8.24. The fraction of sp³-hybridized carbons (Fsp3) is 0.750. The number of methoxy groups -OCH3 is 1. The number of hydrogen-bond donors (Lipinski definition) is 1. The lowest BCUT2D eigenvalue weighted by atomic mass is 10.3. The lowest BCUT2D eigenvalue weighted by Crippen LogP contribution is -2.21. The number of hydrazone groups is 1. The van der Waals surface area contributed by atoms with E-state index < -0.39 is 6.09 Å². The number of hydrogen-bond acceptors (Lipinski definition) is 4. The van der Waals surface area contributed by atoms with E-state index >= 15 is 0 Å². The lowest BCUT2D eigenvalue weighted by Gasteiger charge is -2.02. The van der Waals surface area contributed by atoms with Crippen LogP contribution in [0, 0.1) is 5.92 Å². The lowest BCUT2D eigenvalue weighted by molar-refractivity contribution is 0.0988. The van der Waals surface area contributed by atoms with Crippen LogP contribution in [0.25, 0.3) is 0 Å². The molecule has 0 heterocycles. The van der Waals surface area contributed by atoms with Crippen LogP contribution in [0.1, 0.15) is 13.8 Å². The third kappa shape index (κ3) is 8.81. The topological polar surface area (TPSA) is 59.9 Å². The first-order chi connectivity index (χ1) is 6.16. The van der Waals surface area contributed by atoms with Crippen LogP contribution >= 0.6 is 0 Å². The molecule has 0 aliphatic rings. The maximum atomic E-state index is 10.8. The van der Waals surface area contributed by atoms with E-state index in [4.69, 9.17) is 4.74 Å². The Balaban J connectivity index is 3.40. The number of amides is 1. The summed E-state index contributed by atoms with van der Waals surface area (Å²) in [6.45, 7) is 4.55. The quantitative estimate of drug-likeness (QED) is 0.398. The van der Waals surface area contributed by atoms with Crippen molar-refractivity contribution in [3.05, 3.63) is 0 Å². The van der Waals surface area contributed by atoms with Gasteiger partial charge in [0.05, 0.1) is 6.61 Å². The van der Waals surface area contributed by atoms with Gasteiger partial charge in [0, 0.05) is 13.3 Å². The van der Waals surface area contributed by atoms with E-state index in [0.29, 0.717) is 12.5 Å². The summed E-state index contributed by atoms with van der Waals surface area (Å²) in [6.07, 6.45) is 1.06. The molecule has 0 aromatic rings. The van der Waals surface area contributed by atoms with E-state index in [1.165, 1.54) is 7.11 Å². The Hall–Kier alpha value is -1.10. The van der Waals surface area contributed by atoms with Crippen molar-refractivity contribution < 1.29 is 14.3 Å². The standard InChI is InChI=1S/C8H16N2O3/c1-7(2)6-9-10-8(11)13-5-4-12-3/h6-7H,4-5H2,1-3H3,(H,10,11)/b9-6+. The molecule has 0 saturated heterocycles. The summed E-state index contributed by atoms with van der Waals surface area (Å²) >= 11 is 0. The molecule has 5 nitrogen and oxygen atoms in total. The van der Waals surface area contributed by atoms with E-state index in [1.54, 1.807) is 6.21 Å². The van der Waals surface area contributed by atoms with Gasteiger partial charge >= 0.3 is 6.09 Å². The second-order valence-electron chi connectivity index (χ2n) is 2.76. The second-order valence-corrected chi connectivity index (χ2v) is 2.76. The molecule has 0 aliphatic heterocycles. The van der Waals surface area contributed by atoms with Crippen molar-refractivity contribution >= 4 is 12.3 Å². The van der Waals surface area contributed by atoms with Crippen LogP contribution in [0.4, 0.5) is 4.79 Å². The first-order valence-electron chi connectivity index (χ1n) is 4.11. The van der Waals surface area contributed by atoms with Crippen molar-refractivity contribution in [2.75, 3.05) is 20.3 Å². The number of ether oxygens (including phenoxy) is 2. The zero-order valence-electron chi connectivity index (χ0n) is 8.24. The normalized spacial score (nSPS) is 10.8. The highest BCUT2D eigenvalue weighted by Crippen LogP contribution is 1.84. The molecule has 0 aromatic heterocycles. The van der Waals surface area contributed by atoms with Gasteiger partial charge in [-0.3, -0.25) is 0 Å². The van der Waals surface area contributed by atoms with Gasteiger partial charge in [0.25, 0.3) is 0 Å². The molecule has 0 aromatic carbocycles. The van der Waals surface area contributed by atoms with E-state index in [-0.39, 0.29) is 6.61 Å². The molecule has 0 rings (SSSR count). The summed E-state index contributed by atoms with van der Waals surface area (Å²) < 4.78 is 9.37. The Bertz CT molecular complexity index is 169. The van der Waals surface area contributed by atoms with Crippen LogP contribution in [0.3, 0.4) is 0 Å². The van der Waals surface area contributed by atoms with Gasteiger partial charge in [-0.2, -0.15) is 5.10 Å². The molecular weight excluding hydrogens is 172 g/mol. The molecule has 0 unspecified atom stereocenters. The predicted octanol–water partition coefficient (Wildman–Crippen LogP) is 1.00. The smallest absolute Gasteiger partial charge is 0.427 e.